The summed E-state index contributed by atoms with van der Waals surface area (Å²) < 4.78 is 57.7. The second-order valence-corrected chi connectivity index (χ2v) is 10.5. The summed E-state index contributed by atoms with van der Waals surface area (Å²) in [6.07, 6.45) is -3.45. The molecule has 0 fully saturated rings. The van der Waals surface area contributed by atoms with Crippen LogP contribution in [-0.2, 0) is 35.0 Å². The normalized spacial score (nSPS) is 12.8. The molecular weight excluding hydrogens is 527 g/mol. The van der Waals surface area contributed by atoms with Crippen molar-refractivity contribution >= 4 is 12.1 Å². The maximum Gasteiger partial charge on any atom is 0.416 e. The van der Waals surface area contributed by atoms with Gasteiger partial charge in [0, 0.05) is 29.8 Å². The summed E-state index contributed by atoms with van der Waals surface area (Å²) in [6.45, 7) is 5.94. The highest BCUT2D eigenvalue weighted by Crippen LogP contribution is 2.42. The number of rotatable bonds is 7. The largest absolute Gasteiger partial charge is 0.496 e. The van der Waals surface area contributed by atoms with Crippen LogP contribution in [0.2, 0.25) is 0 Å². The number of benzene rings is 2. The molecule has 1 amide bonds. The number of alkyl halides is 3. The van der Waals surface area contributed by atoms with Gasteiger partial charge in [0.2, 0.25) is 0 Å². The van der Waals surface area contributed by atoms with Crippen LogP contribution in [0.1, 0.15) is 54.4 Å². The van der Waals surface area contributed by atoms with Crippen molar-refractivity contribution < 1.29 is 37.0 Å². The molecule has 1 N–H and O–H groups in total. The van der Waals surface area contributed by atoms with Gasteiger partial charge in [-0.1, -0.05) is 12.1 Å². The van der Waals surface area contributed by atoms with Crippen molar-refractivity contribution in [1.29, 1.82) is 0 Å². The molecule has 1 aliphatic rings. The summed E-state index contributed by atoms with van der Waals surface area (Å²) in [5, 5.41) is 7.43. The lowest BCUT2D eigenvalue weighted by Gasteiger charge is -2.20. The second kappa shape index (κ2) is 11.2. The van der Waals surface area contributed by atoms with E-state index in [1.807, 2.05) is 6.07 Å². The molecule has 0 unspecified atom stereocenters. The Bertz CT molecular complexity index is 1420. The Labute approximate surface area is 230 Å². The van der Waals surface area contributed by atoms with Crippen LogP contribution in [0, 0.1) is 0 Å². The number of halogens is 3. The number of carbonyl (C=O) groups is 2. The molecule has 40 heavy (non-hydrogen) atoms. The number of fused-ring (bicyclic) bond motifs is 3. The first-order chi connectivity index (χ1) is 18.8. The van der Waals surface area contributed by atoms with E-state index in [2.05, 4.69) is 5.32 Å². The highest BCUT2D eigenvalue weighted by molar-refractivity contribution is 5.93. The number of hydrogen-bond acceptors (Lipinski definition) is 6. The number of amides is 1. The number of methoxy groups -OCH3 is 2. The minimum Gasteiger partial charge on any atom is -0.496 e. The predicted molar refractivity (Wildman–Crippen MR) is 142 cm³/mol. The van der Waals surface area contributed by atoms with E-state index in [1.54, 1.807) is 37.6 Å². The van der Waals surface area contributed by atoms with E-state index in [0.717, 1.165) is 17.7 Å². The van der Waals surface area contributed by atoms with Crippen LogP contribution < -0.4 is 10.1 Å². The number of aromatic nitrogens is 2. The molecular formula is C29H32F3N3O5. The molecule has 8 nitrogen and oxygen atoms in total. The van der Waals surface area contributed by atoms with E-state index >= 15 is 0 Å². The summed E-state index contributed by atoms with van der Waals surface area (Å²) in [5.74, 6) is -0.0914. The molecule has 0 bridgehead atoms. The summed E-state index contributed by atoms with van der Waals surface area (Å²) in [6, 6.07) is 8.65. The van der Waals surface area contributed by atoms with Crippen LogP contribution >= 0.6 is 0 Å². The van der Waals surface area contributed by atoms with Crippen LogP contribution in [0.15, 0.2) is 36.4 Å². The molecule has 214 valence electrons. The third kappa shape index (κ3) is 6.24. The molecule has 0 atom stereocenters. The lowest BCUT2D eigenvalue weighted by molar-refractivity contribution is -0.137. The van der Waals surface area contributed by atoms with Gasteiger partial charge in [-0.25, -0.2) is 9.59 Å². The average Bonchev–Trinajstić information content (AvgIpc) is 3.27. The zero-order valence-corrected chi connectivity index (χ0v) is 23.1. The smallest absolute Gasteiger partial charge is 0.416 e. The summed E-state index contributed by atoms with van der Waals surface area (Å²) >= 11 is 0. The molecule has 0 saturated heterocycles. The Kier molecular flexibility index (Phi) is 8.13. The van der Waals surface area contributed by atoms with E-state index in [9.17, 15) is 22.8 Å². The molecule has 0 saturated carbocycles. The molecule has 11 heteroatoms. The van der Waals surface area contributed by atoms with Crippen molar-refractivity contribution in [2.24, 2.45) is 0 Å². The van der Waals surface area contributed by atoms with Gasteiger partial charge < -0.3 is 19.5 Å². The lowest BCUT2D eigenvalue weighted by Crippen LogP contribution is -2.33. The fourth-order valence-electron chi connectivity index (χ4n) is 4.74. The number of alkyl carbamates (subject to hydrolysis) is 1. The summed E-state index contributed by atoms with van der Waals surface area (Å²) in [4.78, 5) is 24.8. The molecule has 3 aromatic rings. The van der Waals surface area contributed by atoms with Crippen molar-refractivity contribution in [2.75, 3.05) is 20.8 Å². The molecule has 0 radical (unpaired) electrons. The van der Waals surface area contributed by atoms with E-state index < -0.39 is 29.4 Å². The second-order valence-electron chi connectivity index (χ2n) is 10.5. The highest BCUT2D eigenvalue weighted by atomic mass is 19.4. The van der Waals surface area contributed by atoms with Gasteiger partial charge in [-0.3, -0.25) is 4.68 Å². The van der Waals surface area contributed by atoms with Gasteiger partial charge in [0.05, 0.1) is 25.5 Å². The number of aryl methyl sites for hydroxylation is 2. The van der Waals surface area contributed by atoms with Gasteiger partial charge in [-0.05, 0) is 75.4 Å². The molecule has 1 aromatic heterocycles. The highest BCUT2D eigenvalue weighted by Gasteiger charge is 2.32. The minimum absolute atomic E-state index is 0.299. The fraction of sp³-hybridized carbons (Fsp3) is 0.414. The van der Waals surface area contributed by atoms with Crippen LogP contribution in [0.5, 0.6) is 5.75 Å². The topological polar surface area (TPSA) is 91.7 Å². The number of esters is 1. The molecule has 2 aromatic carbocycles. The van der Waals surface area contributed by atoms with Crippen molar-refractivity contribution in [2.45, 2.75) is 58.4 Å². The zero-order valence-electron chi connectivity index (χ0n) is 23.1. The van der Waals surface area contributed by atoms with Gasteiger partial charge in [0.1, 0.15) is 17.0 Å². The molecule has 4 rings (SSSR count). The van der Waals surface area contributed by atoms with Crippen molar-refractivity contribution in [3.8, 4) is 28.1 Å². The first kappa shape index (κ1) is 29.0. The van der Waals surface area contributed by atoms with E-state index in [1.165, 1.54) is 20.3 Å². The van der Waals surface area contributed by atoms with Crippen LogP contribution in [0.4, 0.5) is 18.0 Å². The lowest BCUT2D eigenvalue weighted by atomic mass is 9.86. The Morgan fingerprint density at radius 3 is 2.45 bits per heavy atom. The third-order valence-corrected chi connectivity index (χ3v) is 6.47. The van der Waals surface area contributed by atoms with Gasteiger partial charge in [-0.15, -0.1) is 0 Å². The maximum atomic E-state index is 13.4. The average molecular weight is 560 g/mol. The SMILES string of the molecule is COC(=O)c1c2c(nn1CCCNC(=O)OC(C)(C)C)-c1cc(-c3cccc(C(F)(F)F)c3)c(OC)cc1CC2. The minimum atomic E-state index is -4.49. The number of carbonyl (C=O) groups excluding carboxylic acids is 2. The van der Waals surface area contributed by atoms with E-state index in [-0.39, 0.29) is 0 Å². The van der Waals surface area contributed by atoms with Gasteiger partial charge in [0.15, 0.2) is 0 Å². The van der Waals surface area contributed by atoms with Crippen molar-refractivity contribution in [3.63, 3.8) is 0 Å². The quantitative estimate of drug-likeness (QED) is 0.280. The van der Waals surface area contributed by atoms with Crippen LogP contribution in [0.25, 0.3) is 22.4 Å². The third-order valence-electron chi connectivity index (χ3n) is 6.47. The first-order valence-electron chi connectivity index (χ1n) is 12.9. The van der Waals surface area contributed by atoms with E-state index in [0.29, 0.717) is 71.7 Å². The monoisotopic (exact) mass is 559 g/mol. The standard InChI is InChI=1S/C29H32F3N3O5/c1-28(2,3)40-27(37)33-12-7-13-35-25(26(36)39-5)20-11-10-18-15-23(38-4)21(16-22(18)24(20)34-35)17-8-6-9-19(14-17)29(30,31)32/h6,8-9,14-16H,7,10-13H2,1-5H3,(H,33,37). The number of ether oxygens (including phenoxy) is 3. The van der Waals surface area contributed by atoms with Gasteiger partial charge >= 0.3 is 18.2 Å². The number of hydrogen-bond donors (Lipinski definition) is 1. The summed E-state index contributed by atoms with van der Waals surface area (Å²) in [7, 11) is 2.77. The maximum absolute atomic E-state index is 13.4. The molecule has 1 aliphatic carbocycles. The Hall–Kier alpha value is -4.02. The Morgan fingerprint density at radius 1 is 1.05 bits per heavy atom. The van der Waals surface area contributed by atoms with E-state index in [4.69, 9.17) is 19.3 Å². The zero-order chi connectivity index (χ0) is 29.2. The molecule has 1 heterocycles. The number of nitrogens with zero attached hydrogens (tertiary/aromatic N) is 2. The van der Waals surface area contributed by atoms with Crippen molar-refractivity contribution in [3.05, 3.63) is 58.8 Å². The molecule has 0 spiro atoms. The Morgan fingerprint density at radius 2 is 1.80 bits per heavy atom. The van der Waals surface area contributed by atoms with Crippen LogP contribution in [0.3, 0.4) is 0 Å². The number of nitrogens with one attached hydrogen (secondary N) is 1. The van der Waals surface area contributed by atoms with Crippen molar-refractivity contribution in [1.82, 2.24) is 15.1 Å². The first-order valence-corrected chi connectivity index (χ1v) is 12.9. The van der Waals surface area contributed by atoms with Gasteiger partial charge in [0.25, 0.3) is 0 Å². The molecule has 0 aliphatic heterocycles. The van der Waals surface area contributed by atoms with Crippen LogP contribution in [-0.4, -0.2) is 48.2 Å². The summed E-state index contributed by atoms with van der Waals surface area (Å²) in [5.41, 5.74) is 2.67. The fourth-order valence-corrected chi connectivity index (χ4v) is 4.74. The van der Waals surface area contributed by atoms with Gasteiger partial charge in [-0.2, -0.15) is 18.3 Å². The Balaban J connectivity index is 1.69. The predicted octanol–water partition coefficient (Wildman–Crippen LogP) is 6.04.